The van der Waals surface area contributed by atoms with Crippen molar-refractivity contribution < 1.29 is 9.59 Å². The van der Waals surface area contributed by atoms with Crippen LogP contribution >= 0.6 is 0 Å². The fourth-order valence-electron chi connectivity index (χ4n) is 2.05. The highest BCUT2D eigenvalue weighted by atomic mass is 16.2. The van der Waals surface area contributed by atoms with E-state index in [-0.39, 0.29) is 12.3 Å². The number of fused-ring (bicyclic) bond motifs is 1. The molecular formula is C11H11N5O2. The van der Waals surface area contributed by atoms with E-state index in [2.05, 4.69) is 10.4 Å². The van der Waals surface area contributed by atoms with Gasteiger partial charge in [-0.15, -0.1) is 0 Å². The Morgan fingerprint density at radius 3 is 2.89 bits per heavy atom. The van der Waals surface area contributed by atoms with Crippen molar-refractivity contribution >= 4 is 29.0 Å². The third-order valence-corrected chi connectivity index (χ3v) is 2.91. The Morgan fingerprint density at radius 1 is 1.28 bits per heavy atom. The SMILES string of the molecule is Nc1ccc(N2CCC(=O)NC2=O)c2ccnn12. The zero-order valence-electron chi connectivity index (χ0n) is 9.46. The largest absolute Gasteiger partial charge is 0.384 e. The average molecular weight is 245 g/mol. The molecule has 3 amide bonds. The van der Waals surface area contributed by atoms with Crippen LogP contribution in [0.15, 0.2) is 24.4 Å². The van der Waals surface area contributed by atoms with E-state index in [0.717, 1.165) is 5.52 Å². The standard InChI is InChI=1S/C11H11N5O2/c12-9-2-1-7(8-3-5-13-16(8)9)15-6-4-10(17)14-11(15)18/h1-3,5H,4,6,12H2,(H,14,17,18). The third-order valence-electron chi connectivity index (χ3n) is 2.91. The Kier molecular flexibility index (Phi) is 2.19. The van der Waals surface area contributed by atoms with Gasteiger partial charge in [-0.1, -0.05) is 0 Å². The first-order valence-corrected chi connectivity index (χ1v) is 5.50. The number of nitrogens with one attached hydrogen (secondary N) is 1. The lowest BCUT2D eigenvalue weighted by atomic mass is 10.2. The number of pyridine rings is 1. The van der Waals surface area contributed by atoms with E-state index in [1.807, 2.05) is 0 Å². The van der Waals surface area contributed by atoms with Gasteiger partial charge in [0.15, 0.2) is 0 Å². The van der Waals surface area contributed by atoms with Gasteiger partial charge in [-0.3, -0.25) is 15.0 Å². The molecular weight excluding hydrogens is 234 g/mol. The van der Waals surface area contributed by atoms with Gasteiger partial charge in [-0.25, -0.2) is 9.31 Å². The van der Waals surface area contributed by atoms with Gasteiger partial charge in [0.2, 0.25) is 5.91 Å². The zero-order valence-corrected chi connectivity index (χ0v) is 9.46. The average Bonchev–Trinajstić information content (AvgIpc) is 2.81. The Balaban J connectivity index is 2.09. The summed E-state index contributed by atoms with van der Waals surface area (Å²) in [6.45, 7) is 0.357. The summed E-state index contributed by atoms with van der Waals surface area (Å²) in [5, 5.41) is 6.37. The molecule has 7 nitrogen and oxygen atoms in total. The lowest BCUT2D eigenvalue weighted by Crippen LogP contribution is -2.49. The van der Waals surface area contributed by atoms with Crippen LogP contribution in [-0.4, -0.2) is 28.1 Å². The van der Waals surface area contributed by atoms with Crippen molar-refractivity contribution in [1.29, 1.82) is 0 Å². The number of hydrogen-bond acceptors (Lipinski definition) is 4. The van der Waals surface area contributed by atoms with Crippen molar-refractivity contribution in [2.24, 2.45) is 0 Å². The van der Waals surface area contributed by atoms with E-state index in [4.69, 9.17) is 5.73 Å². The van der Waals surface area contributed by atoms with Crippen molar-refractivity contribution in [2.75, 3.05) is 17.2 Å². The summed E-state index contributed by atoms with van der Waals surface area (Å²) in [5.41, 5.74) is 7.21. The van der Waals surface area contributed by atoms with E-state index >= 15 is 0 Å². The van der Waals surface area contributed by atoms with Crippen LogP contribution in [0.5, 0.6) is 0 Å². The van der Waals surface area contributed by atoms with Crippen LogP contribution in [0.4, 0.5) is 16.3 Å². The van der Waals surface area contributed by atoms with Crippen molar-refractivity contribution in [3.05, 3.63) is 24.4 Å². The molecule has 0 saturated carbocycles. The molecule has 0 aliphatic carbocycles. The van der Waals surface area contributed by atoms with Crippen molar-refractivity contribution in [2.45, 2.75) is 6.42 Å². The van der Waals surface area contributed by atoms with Gasteiger partial charge in [-0.2, -0.15) is 5.10 Å². The van der Waals surface area contributed by atoms with Crippen LogP contribution in [0.3, 0.4) is 0 Å². The first-order chi connectivity index (χ1) is 8.66. The quantitative estimate of drug-likeness (QED) is 0.758. The van der Waals surface area contributed by atoms with Crippen LogP contribution in [0.25, 0.3) is 5.52 Å². The highest BCUT2D eigenvalue weighted by Crippen LogP contribution is 2.25. The third kappa shape index (κ3) is 1.48. The van der Waals surface area contributed by atoms with Crippen molar-refractivity contribution in [1.82, 2.24) is 14.9 Å². The monoisotopic (exact) mass is 245 g/mol. The Morgan fingerprint density at radius 2 is 2.11 bits per heavy atom. The van der Waals surface area contributed by atoms with Gasteiger partial charge < -0.3 is 5.73 Å². The van der Waals surface area contributed by atoms with E-state index in [0.29, 0.717) is 18.1 Å². The molecule has 1 aliphatic heterocycles. The summed E-state index contributed by atoms with van der Waals surface area (Å²) in [4.78, 5) is 24.4. The van der Waals surface area contributed by atoms with Crippen LogP contribution in [-0.2, 0) is 4.79 Å². The number of amides is 3. The van der Waals surface area contributed by atoms with Gasteiger partial charge in [0, 0.05) is 13.0 Å². The molecule has 18 heavy (non-hydrogen) atoms. The molecule has 7 heteroatoms. The van der Waals surface area contributed by atoms with Gasteiger partial charge in [0.1, 0.15) is 5.82 Å². The molecule has 0 bridgehead atoms. The molecule has 1 saturated heterocycles. The fraction of sp³-hybridized carbons (Fsp3) is 0.182. The normalized spacial score (nSPS) is 16.1. The minimum absolute atomic E-state index is 0.253. The molecule has 2 aromatic heterocycles. The fourth-order valence-corrected chi connectivity index (χ4v) is 2.05. The maximum atomic E-state index is 11.8. The number of imide groups is 1. The van der Waals surface area contributed by atoms with E-state index in [1.54, 1.807) is 28.9 Å². The maximum absolute atomic E-state index is 11.8. The zero-order chi connectivity index (χ0) is 12.7. The molecule has 0 spiro atoms. The summed E-state index contributed by atoms with van der Waals surface area (Å²) < 4.78 is 1.55. The predicted octanol–water partition coefficient (Wildman–Crippen LogP) is 0.363. The van der Waals surface area contributed by atoms with Gasteiger partial charge >= 0.3 is 6.03 Å². The number of anilines is 2. The van der Waals surface area contributed by atoms with Crippen LogP contribution in [0.1, 0.15) is 6.42 Å². The molecule has 0 unspecified atom stereocenters. The Bertz CT molecular complexity index is 648. The minimum atomic E-state index is -0.417. The van der Waals surface area contributed by atoms with Gasteiger partial charge in [-0.05, 0) is 18.2 Å². The molecule has 3 rings (SSSR count). The smallest absolute Gasteiger partial charge is 0.328 e. The van der Waals surface area contributed by atoms with Crippen molar-refractivity contribution in [3.8, 4) is 0 Å². The lowest BCUT2D eigenvalue weighted by molar-refractivity contribution is -0.120. The summed E-state index contributed by atoms with van der Waals surface area (Å²) in [6.07, 6.45) is 1.90. The maximum Gasteiger partial charge on any atom is 0.328 e. The van der Waals surface area contributed by atoms with Crippen molar-refractivity contribution in [3.63, 3.8) is 0 Å². The number of carbonyl (C=O) groups is 2. The second-order valence-electron chi connectivity index (χ2n) is 4.03. The number of nitrogens with two attached hydrogens (primary N) is 1. The second-order valence-corrected chi connectivity index (χ2v) is 4.03. The Labute approximate surface area is 102 Å². The number of nitrogens with zero attached hydrogens (tertiary/aromatic N) is 3. The molecule has 0 aromatic carbocycles. The molecule has 0 atom stereocenters. The number of aromatic nitrogens is 2. The minimum Gasteiger partial charge on any atom is -0.384 e. The first-order valence-electron chi connectivity index (χ1n) is 5.50. The number of rotatable bonds is 1. The highest BCUT2D eigenvalue weighted by molar-refractivity contribution is 6.07. The van der Waals surface area contributed by atoms with Gasteiger partial charge in [0.05, 0.1) is 17.4 Å². The molecule has 3 N–H and O–H groups in total. The number of hydrogen-bond donors (Lipinski definition) is 2. The predicted molar refractivity (Wildman–Crippen MR) is 65.1 cm³/mol. The Hall–Kier alpha value is -2.57. The lowest BCUT2D eigenvalue weighted by Gasteiger charge is -2.27. The second kappa shape index (κ2) is 3.73. The van der Waals surface area contributed by atoms with Crippen LogP contribution in [0, 0.1) is 0 Å². The summed E-state index contributed by atoms with van der Waals surface area (Å²) >= 11 is 0. The molecule has 1 aliphatic rings. The highest BCUT2D eigenvalue weighted by Gasteiger charge is 2.25. The molecule has 1 fully saturated rings. The number of carbonyl (C=O) groups excluding carboxylic acids is 2. The molecule has 0 radical (unpaired) electrons. The van der Waals surface area contributed by atoms with E-state index < -0.39 is 6.03 Å². The van der Waals surface area contributed by atoms with Gasteiger partial charge in [0.25, 0.3) is 0 Å². The summed E-state index contributed by atoms with van der Waals surface area (Å²) in [5.74, 6) is 0.239. The first kappa shape index (κ1) is 10.6. The summed E-state index contributed by atoms with van der Waals surface area (Å²) in [7, 11) is 0. The van der Waals surface area contributed by atoms with Crippen LogP contribution < -0.4 is 16.0 Å². The molecule has 3 heterocycles. The number of urea groups is 1. The topological polar surface area (TPSA) is 92.7 Å². The molecule has 2 aromatic rings. The van der Waals surface area contributed by atoms with Crippen LogP contribution in [0.2, 0.25) is 0 Å². The summed E-state index contributed by atoms with van der Waals surface area (Å²) in [6, 6.07) is 4.79. The van der Waals surface area contributed by atoms with E-state index in [9.17, 15) is 9.59 Å². The molecule has 92 valence electrons. The van der Waals surface area contributed by atoms with E-state index in [1.165, 1.54) is 4.90 Å². The number of nitrogen functional groups attached to an aromatic ring is 1.